The maximum atomic E-state index is 5.88. The Morgan fingerprint density at radius 1 is 1.29 bits per heavy atom. The largest absolute Gasteiger partial charge is 0.377 e. The zero-order valence-corrected chi connectivity index (χ0v) is 18.4. The van der Waals surface area contributed by atoms with E-state index >= 15 is 0 Å². The van der Waals surface area contributed by atoms with Crippen molar-refractivity contribution in [1.29, 1.82) is 0 Å². The lowest BCUT2D eigenvalue weighted by atomic mass is 9.57. The SMILES string of the molecule is CCCCN(C)CCN=C(NCC)NC1C2CCOC2C1(C)C.I. The molecule has 24 heavy (non-hydrogen) atoms. The molecule has 0 spiro atoms. The van der Waals surface area contributed by atoms with Crippen LogP contribution >= 0.6 is 24.0 Å². The van der Waals surface area contributed by atoms with E-state index in [9.17, 15) is 0 Å². The number of hydrogen-bond acceptors (Lipinski definition) is 3. The fraction of sp³-hybridized carbons (Fsp3) is 0.944. The van der Waals surface area contributed by atoms with Crippen LogP contribution in [0.5, 0.6) is 0 Å². The number of ether oxygens (including phenoxy) is 1. The molecule has 1 aliphatic carbocycles. The van der Waals surface area contributed by atoms with Crippen molar-refractivity contribution in [2.24, 2.45) is 16.3 Å². The molecule has 2 aliphatic rings. The number of rotatable bonds is 8. The van der Waals surface area contributed by atoms with Gasteiger partial charge < -0.3 is 20.3 Å². The molecule has 142 valence electrons. The van der Waals surface area contributed by atoms with Gasteiger partial charge in [0.05, 0.1) is 12.6 Å². The van der Waals surface area contributed by atoms with Crippen LogP contribution in [-0.2, 0) is 4.74 Å². The lowest BCUT2D eigenvalue weighted by Gasteiger charge is -2.54. The molecule has 1 aliphatic heterocycles. The molecule has 0 aromatic rings. The number of nitrogens with zero attached hydrogens (tertiary/aromatic N) is 2. The summed E-state index contributed by atoms with van der Waals surface area (Å²) < 4.78 is 5.88. The van der Waals surface area contributed by atoms with E-state index in [0.29, 0.717) is 18.1 Å². The van der Waals surface area contributed by atoms with Crippen molar-refractivity contribution >= 4 is 29.9 Å². The number of hydrogen-bond donors (Lipinski definition) is 2. The molecule has 1 saturated carbocycles. The van der Waals surface area contributed by atoms with Crippen molar-refractivity contribution in [2.75, 3.05) is 39.8 Å². The van der Waals surface area contributed by atoms with Gasteiger partial charge in [-0.1, -0.05) is 27.2 Å². The fourth-order valence-corrected chi connectivity index (χ4v) is 3.96. The van der Waals surface area contributed by atoms with Crippen LogP contribution in [0, 0.1) is 11.3 Å². The van der Waals surface area contributed by atoms with Gasteiger partial charge in [0.1, 0.15) is 0 Å². The standard InChI is InChI=1S/C18H36N4O.HI/c1-6-8-11-22(5)12-10-20-17(19-7-2)21-15-14-9-13-23-16(14)18(15,3)4;/h14-16H,6-13H2,1-5H3,(H2,19,20,21);1H. The van der Waals surface area contributed by atoms with Crippen molar-refractivity contribution in [3.05, 3.63) is 0 Å². The summed E-state index contributed by atoms with van der Waals surface area (Å²) in [6.07, 6.45) is 4.10. The second kappa shape index (κ2) is 10.2. The van der Waals surface area contributed by atoms with Gasteiger partial charge in [-0.2, -0.15) is 0 Å². The minimum atomic E-state index is 0. The lowest BCUT2D eigenvalue weighted by Crippen LogP contribution is -2.68. The zero-order valence-electron chi connectivity index (χ0n) is 16.1. The number of nitrogens with one attached hydrogen (secondary N) is 2. The molecule has 6 heteroatoms. The van der Waals surface area contributed by atoms with Crippen molar-refractivity contribution in [3.8, 4) is 0 Å². The number of aliphatic imine (C=N–C) groups is 1. The number of fused-ring (bicyclic) bond motifs is 1. The highest BCUT2D eigenvalue weighted by Crippen LogP contribution is 2.52. The highest BCUT2D eigenvalue weighted by atomic mass is 127. The molecular formula is C18H37IN4O. The van der Waals surface area contributed by atoms with E-state index in [4.69, 9.17) is 9.73 Å². The Balaban J connectivity index is 0.00000288. The van der Waals surface area contributed by atoms with Gasteiger partial charge in [-0.15, -0.1) is 24.0 Å². The van der Waals surface area contributed by atoms with Crippen LogP contribution in [0.1, 0.15) is 47.0 Å². The average Bonchev–Trinajstić information content (AvgIpc) is 2.97. The molecule has 0 radical (unpaired) electrons. The highest BCUT2D eigenvalue weighted by molar-refractivity contribution is 14.0. The van der Waals surface area contributed by atoms with Crippen molar-refractivity contribution < 1.29 is 4.74 Å². The Bertz CT molecular complexity index is 402. The first-order valence-electron chi connectivity index (χ1n) is 9.35. The number of guanidine groups is 1. The summed E-state index contributed by atoms with van der Waals surface area (Å²) in [5.41, 5.74) is 0.190. The van der Waals surface area contributed by atoms with E-state index in [-0.39, 0.29) is 29.4 Å². The van der Waals surface area contributed by atoms with Crippen molar-refractivity contribution in [1.82, 2.24) is 15.5 Å². The van der Waals surface area contributed by atoms with Crippen molar-refractivity contribution in [2.45, 2.75) is 59.1 Å². The highest BCUT2D eigenvalue weighted by Gasteiger charge is 2.59. The third-order valence-corrected chi connectivity index (χ3v) is 5.38. The van der Waals surface area contributed by atoms with Crippen LogP contribution in [0.4, 0.5) is 0 Å². The van der Waals surface area contributed by atoms with E-state index in [1.165, 1.54) is 19.3 Å². The van der Waals surface area contributed by atoms with E-state index in [2.05, 4.69) is 50.3 Å². The summed E-state index contributed by atoms with van der Waals surface area (Å²) in [5, 5.41) is 7.07. The van der Waals surface area contributed by atoms with Gasteiger partial charge in [0.2, 0.25) is 0 Å². The fourth-order valence-electron chi connectivity index (χ4n) is 3.96. The Morgan fingerprint density at radius 3 is 2.71 bits per heavy atom. The van der Waals surface area contributed by atoms with Gasteiger partial charge in [0, 0.05) is 37.1 Å². The third-order valence-electron chi connectivity index (χ3n) is 5.38. The van der Waals surface area contributed by atoms with Crippen LogP contribution in [-0.4, -0.2) is 62.8 Å². The zero-order chi connectivity index (χ0) is 16.9. The molecule has 1 heterocycles. The van der Waals surface area contributed by atoms with Gasteiger partial charge in [0.25, 0.3) is 0 Å². The normalized spacial score (nSPS) is 28.1. The van der Waals surface area contributed by atoms with E-state index in [0.717, 1.165) is 38.7 Å². The monoisotopic (exact) mass is 452 g/mol. The van der Waals surface area contributed by atoms with Crippen LogP contribution in [0.15, 0.2) is 4.99 Å². The topological polar surface area (TPSA) is 48.9 Å². The Morgan fingerprint density at radius 2 is 2.04 bits per heavy atom. The molecule has 0 bridgehead atoms. The van der Waals surface area contributed by atoms with Gasteiger partial charge in [-0.3, -0.25) is 4.99 Å². The molecule has 2 N–H and O–H groups in total. The third kappa shape index (κ3) is 5.21. The summed E-state index contributed by atoms with van der Waals surface area (Å²) in [5.74, 6) is 1.60. The minimum Gasteiger partial charge on any atom is -0.377 e. The summed E-state index contributed by atoms with van der Waals surface area (Å²) in [6.45, 7) is 13.8. The average molecular weight is 452 g/mol. The Labute approximate surface area is 165 Å². The predicted octanol–water partition coefficient (Wildman–Crippen LogP) is 2.70. The maximum absolute atomic E-state index is 5.88. The molecular weight excluding hydrogens is 415 g/mol. The first kappa shape index (κ1) is 22.0. The molecule has 0 amide bonds. The minimum absolute atomic E-state index is 0. The summed E-state index contributed by atoms with van der Waals surface area (Å²) in [7, 11) is 2.18. The predicted molar refractivity (Wildman–Crippen MR) is 112 cm³/mol. The smallest absolute Gasteiger partial charge is 0.191 e. The lowest BCUT2D eigenvalue weighted by molar-refractivity contribution is -0.106. The van der Waals surface area contributed by atoms with Gasteiger partial charge in [0.15, 0.2) is 5.96 Å². The number of unbranched alkanes of at least 4 members (excludes halogenated alkanes) is 1. The summed E-state index contributed by atoms with van der Waals surface area (Å²) >= 11 is 0. The van der Waals surface area contributed by atoms with Gasteiger partial charge in [-0.25, -0.2) is 0 Å². The molecule has 3 atom stereocenters. The number of halogens is 1. The summed E-state index contributed by atoms with van der Waals surface area (Å²) in [6, 6.07) is 0.464. The summed E-state index contributed by atoms with van der Waals surface area (Å²) in [4.78, 5) is 7.14. The quantitative estimate of drug-likeness (QED) is 0.338. The maximum Gasteiger partial charge on any atom is 0.191 e. The Hall–Kier alpha value is -0.0800. The molecule has 3 unspecified atom stereocenters. The molecule has 0 aromatic carbocycles. The van der Waals surface area contributed by atoms with Crippen LogP contribution < -0.4 is 10.6 Å². The molecule has 5 nitrogen and oxygen atoms in total. The second-order valence-electron chi connectivity index (χ2n) is 7.60. The molecule has 2 rings (SSSR count). The van der Waals surface area contributed by atoms with Gasteiger partial charge >= 0.3 is 0 Å². The molecule has 2 fully saturated rings. The van der Waals surface area contributed by atoms with Crippen LogP contribution in [0.3, 0.4) is 0 Å². The first-order valence-corrected chi connectivity index (χ1v) is 9.35. The second-order valence-corrected chi connectivity index (χ2v) is 7.60. The van der Waals surface area contributed by atoms with E-state index in [1.54, 1.807) is 0 Å². The van der Waals surface area contributed by atoms with E-state index < -0.39 is 0 Å². The molecule has 0 aromatic heterocycles. The Kier molecular flexibility index (Phi) is 9.30. The number of likely N-dealkylation sites (N-methyl/N-ethyl adjacent to an activating group) is 1. The molecule has 1 saturated heterocycles. The van der Waals surface area contributed by atoms with Crippen LogP contribution in [0.25, 0.3) is 0 Å². The van der Waals surface area contributed by atoms with Crippen LogP contribution in [0.2, 0.25) is 0 Å². The van der Waals surface area contributed by atoms with Gasteiger partial charge in [-0.05, 0) is 33.4 Å². The van der Waals surface area contributed by atoms with Crippen molar-refractivity contribution in [3.63, 3.8) is 0 Å². The first-order chi connectivity index (χ1) is 11.0. The van der Waals surface area contributed by atoms with E-state index in [1.807, 2.05) is 0 Å².